The maximum Gasteiger partial charge on any atom is 0.229 e. The third-order valence-corrected chi connectivity index (χ3v) is 2.98. The lowest BCUT2D eigenvalue weighted by Gasteiger charge is -2.06. The van der Waals surface area contributed by atoms with E-state index in [-0.39, 0.29) is 18.2 Å². The summed E-state index contributed by atoms with van der Waals surface area (Å²) in [6, 6.07) is 10.2. The standard InChI is InChI=1S/C16H24N2O2/c1-2-3-11-17-15(19)13-16(20)18-12-7-10-14-8-5-4-6-9-14/h4-6,8-9H,2-3,7,10-13H2,1H3,(H,17,19)(H,18,20). The molecule has 1 aromatic carbocycles. The summed E-state index contributed by atoms with van der Waals surface area (Å²) in [6.45, 7) is 3.32. The zero-order valence-corrected chi connectivity index (χ0v) is 12.2. The molecule has 0 spiro atoms. The molecule has 0 aliphatic carbocycles. The first kappa shape index (κ1) is 16.2. The van der Waals surface area contributed by atoms with Crippen LogP contribution < -0.4 is 10.6 Å². The van der Waals surface area contributed by atoms with E-state index in [1.54, 1.807) is 0 Å². The van der Waals surface area contributed by atoms with Crippen molar-refractivity contribution in [2.75, 3.05) is 13.1 Å². The van der Waals surface area contributed by atoms with Gasteiger partial charge in [-0.2, -0.15) is 0 Å². The van der Waals surface area contributed by atoms with Crippen LogP contribution in [0.2, 0.25) is 0 Å². The highest BCUT2D eigenvalue weighted by Gasteiger charge is 2.07. The van der Waals surface area contributed by atoms with Crippen molar-refractivity contribution in [1.82, 2.24) is 10.6 Å². The van der Waals surface area contributed by atoms with Crippen LogP contribution in [-0.2, 0) is 16.0 Å². The molecule has 0 unspecified atom stereocenters. The summed E-state index contributed by atoms with van der Waals surface area (Å²) in [5.74, 6) is -0.397. The lowest BCUT2D eigenvalue weighted by Crippen LogP contribution is -2.32. The van der Waals surface area contributed by atoms with Crippen LogP contribution in [0, 0.1) is 0 Å². The van der Waals surface area contributed by atoms with Crippen molar-refractivity contribution in [1.29, 1.82) is 0 Å². The van der Waals surface area contributed by atoms with Gasteiger partial charge in [0.15, 0.2) is 0 Å². The van der Waals surface area contributed by atoms with Gasteiger partial charge in [0.1, 0.15) is 6.42 Å². The monoisotopic (exact) mass is 276 g/mol. The van der Waals surface area contributed by atoms with E-state index in [2.05, 4.69) is 29.7 Å². The normalized spacial score (nSPS) is 10.1. The molecule has 1 rings (SSSR count). The number of nitrogens with one attached hydrogen (secondary N) is 2. The fraction of sp³-hybridized carbons (Fsp3) is 0.500. The minimum absolute atomic E-state index is 0.0744. The quantitative estimate of drug-likeness (QED) is 0.535. The number of amides is 2. The van der Waals surface area contributed by atoms with Crippen LogP contribution in [0.25, 0.3) is 0 Å². The van der Waals surface area contributed by atoms with Gasteiger partial charge >= 0.3 is 0 Å². The van der Waals surface area contributed by atoms with Crippen LogP contribution in [0.3, 0.4) is 0 Å². The first-order valence-electron chi connectivity index (χ1n) is 7.29. The molecule has 2 amide bonds. The Bertz CT molecular complexity index is 404. The maximum absolute atomic E-state index is 11.5. The molecule has 0 atom stereocenters. The molecule has 0 fully saturated rings. The first-order valence-corrected chi connectivity index (χ1v) is 7.29. The number of benzene rings is 1. The molecule has 1 aromatic rings. The molecule has 0 bridgehead atoms. The fourth-order valence-electron chi connectivity index (χ4n) is 1.84. The largest absolute Gasteiger partial charge is 0.356 e. The van der Waals surface area contributed by atoms with Crippen molar-refractivity contribution in [3.8, 4) is 0 Å². The summed E-state index contributed by atoms with van der Waals surface area (Å²) < 4.78 is 0. The zero-order chi connectivity index (χ0) is 14.6. The molecule has 0 heterocycles. The van der Waals surface area contributed by atoms with Gasteiger partial charge in [0.2, 0.25) is 11.8 Å². The minimum Gasteiger partial charge on any atom is -0.356 e. The first-order chi connectivity index (χ1) is 9.72. The number of aryl methyl sites for hydroxylation is 1. The van der Waals surface area contributed by atoms with E-state index < -0.39 is 0 Å². The number of hydrogen-bond donors (Lipinski definition) is 2. The molecular weight excluding hydrogens is 252 g/mol. The van der Waals surface area contributed by atoms with Crippen molar-refractivity contribution >= 4 is 11.8 Å². The Hall–Kier alpha value is -1.84. The van der Waals surface area contributed by atoms with Crippen molar-refractivity contribution in [2.24, 2.45) is 0 Å². The average Bonchev–Trinajstić information content (AvgIpc) is 2.45. The van der Waals surface area contributed by atoms with Gasteiger partial charge in [-0.15, -0.1) is 0 Å². The molecule has 0 saturated carbocycles. The topological polar surface area (TPSA) is 58.2 Å². The fourth-order valence-corrected chi connectivity index (χ4v) is 1.84. The van der Waals surface area contributed by atoms with E-state index >= 15 is 0 Å². The van der Waals surface area contributed by atoms with Crippen molar-refractivity contribution in [3.63, 3.8) is 0 Å². The molecule has 2 N–H and O–H groups in total. The average molecular weight is 276 g/mol. The predicted molar refractivity (Wildman–Crippen MR) is 80.3 cm³/mol. The van der Waals surface area contributed by atoms with Crippen molar-refractivity contribution in [2.45, 2.75) is 39.0 Å². The summed E-state index contributed by atoms with van der Waals surface area (Å²) in [5, 5.41) is 5.51. The molecule has 0 radical (unpaired) electrons. The molecular formula is C16H24N2O2. The number of rotatable bonds is 9. The van der Waals surface area contributed by atoms with E-state index in [1.807, 2.05) is 18.2 Å². The Balaban J connectivity index is 2.06. The maximum atomic E-state index is 11.5. The van der Waals surface area contributed by atoms with E-state index in [1.165, 1.54) is 5.56 Å². The van der Waals surface area contributed by atoms with Crippen molar-refractivity contribution in [3.05, 3.63) is 35.9 Å². The van der Waals surface area contributed by atoms with Gasteiger partial charge in [0, 0.05) is 13.1 Å². The van der Waals surface area contributed by atoms with E-state index in [0.29, 0.717) is 13.1 Å². The highest BCUT2D eigenvalue weighted by atomic mass is 16.2. The molecule has 4 nitrogen and oxygen atoms in total. The Labute approximate surface area is 121 Å². The molecule has 0 aliphatic heterocycles. The van der Waals surface area contributed by atoms with Gasteiger partial charge in [-0.05, 0) is 24.8 Å². The lowest BCUT2D eigenvalue weighted by molar-refractivity contribution is -0.129. The van der Waals surface area contributed by atoms with Crippen LogP contribution >= 0.6 is 0 Å². The minimum atomic E-state index is -0.202. The van der Waals surface area contributed by atoms with Crippen LogP contribution in [0.5, 0.6) is 0 Å². The van der Waals surface area contributed by atoms with Gasteiger partial charge < -0.3 is 10.6 Å². The Kier molecular flexibility index (Phi) is 8.11. The van der Waals surface area contributed by atoms with Gasteiger partial charge in [0.05, 0.1) is 0 Å². The zero-order valence-electron chi connectivity index (χ0n) is 12.2. The summed E-state index contributed by atoms with van der Waals surface area (Å²) in [4.78, 5) is 22.9. The molecule has 20 heavy (non-hydrogen) atoms. The second-order valence-electron chi connectivity index (χ2n) is 4.82. The smallest absolute Gasteiger partial charge is 0.229 e. The highest BCUT2D eigenvalue weighted by molar-refractivity contribution is 5.96. The Morgan fingerprint density at radius 3 is 2.15 bits per heavy atom. The summed E-state index contributed by atoms with van der Waals surface area (Å²) in [7, 11) is 0. The van der Waals surface area contributed by atoms with Gasteiger partial charge in [0.25, 0.3) is 0 Å². The van der Waals surface area contributed by atoms with Gasteiger partial charge in [-0.1, -0.05) is 43.7 Å². The van der Waals surface area contributed by atoms with Crippen LogP contribution in [-0.4, -0.2) is 24.9 Å². The number of carbonyl (C=O) groups excluding carboxylic acids is 2. The molecule has 4 heteroatoms. The van der Waals surface area contributed by atoms with Gasteiger partial charge in [-0.3, -0.25) is 9.59 Å². The molecule has 0 aromatic heterocycles. The molecule has 0 aliphatic rings. The third kappa shape index (κ3) is 7.56. The van der Waals surface area contributed by atoms with E-state index in [0.717, 1.165) is 25.7 Å². The van der Waals surface area contributed by atoms with Crippen LogP contribution in [0.4, 0.5) is 0 Å². The SMILES string of the molecule is CCCCNC(=O)CC(=O)NCCCc1ccccc1. The summed E-state index contributed by atoms with van der Waals surface area (Å²) >= 11 is 0. The third-order valence-electron chi connectivity index (χ3n) is 2.98. The number of carbonyl (C=O) groups is 2. The molecule has 110 valence electrons. The predicted octanol–water partition coefficient (Wildman–Crippen LogP) is 2.04. The van der Waals surface area contributed by atoms with E-state index in [4.69, 9.17) is 0 Å². The summed E-state index contributed by atoms with van der Waals surface area (Å²) in [5.41, 5.74) is 1.26. The van der Waals surface area contributed by atoms with Crippen LogP contribution in [0.15, 0.2) is 30.3 Å². The number of hydrogen-bond acceptors (Lipinski definition) is 2. The second kappa shape index (κ2) is 10.0. The second-order valence-corrected chi connectivity index (χ2v) is 4.82. The lowest BCUT2D eigenvalue weighted by atomic mass is 10.1. The Morgan fingerprint density at radius 2 is 1.55 bits per heavy atom. The Morgan fingerprint density at radius 1 is 0.950 bits per heavy atom. The van der Waals surface area contributed by atoms with Gasteiger partial charge in [-0.25, -0.2) is 0 Å². The van der Waals surface area contributed by atoms with Crippen LogP contribution in [0.1, 0.15) is 38.2 Å². The highest BCUT2D eigenvalue weighted by Crippen LogP contribution is 2.01. The molecule has 0 saturated heterocycles. The van der Waals surface area contributed by atoms with E-state index in [9.17, 15) is 9.59 Å². The van der Waals surface area contributed by atoms with Crippen molar-refractivity contribution < 1.29 is 9.59 Å². The summed E-state index contributed by atoms with van der Waals surface area (Å²) in [6.07, 6.45) is 3.72. The number of unbranched alkanes of at least 4 members (excludes halogenated alkanes) is 1.